The van der Waals surface area contributed by atoms with Crippen LogP contribution in [0.1, 0.15) is 30.9 Å². The van der Waals surface area contributed by atoms with Crippen molar-refractivity contribution in [2.45, 2.75) is 32.6 Å². The maximum Gasteiger partial charge on any atom is 0.310 e. The van der Waals surface area contributed by atoms with Crippen LogP contribution in [0, 0.1) is 5.41 Å². The first-order valence-corrected chi connectivity index (χ1v) is 7.73. The number of carbonyl (C=O) groups excluding carboxylic acids is 1. The van der Waals surface area contributed by atoms with Gasteiger partial charge in [0.25, 0.3) is 0 Å². The van der Waals surface area contributed by atoms with Crippen LogP contribution in [0.5, 0.6) is 0 Å². The first-order valence-electron chi connectivity index (χ1n) is 7.73. The van der Waals surface area contributed by atoms with Gasteiger partial charge in [-0.05, 0) is 42.9 Å². The number of nitrogens with zero attached hydrogens (tertiary/aromatic N) is 1. The van der Waals surface area contributed by atoms with Gasteiger partial charge in [-0.3, -0.25) is 9.59 Å². The maximum atomic E-state index is 11.8. The van der Waals surface area contributed by atoms with Crippen LogP contribution in [0.4, 0.5) is 0 Å². The fraction of sp³-hybridized carbons (Fsp3) is 0.444. The third kappa shape index (κ3) is 3.38. The standard InChI is InChI=1S/C18H23NO3/c1-3-14-5-7-15(8-6-14)13-18(17(21)22)9-11-19(12-10-18)16(20)4-2/h4-8H,2-3,9-13H2,1H3,(H,21,22). The van der Waals surface area contributed by atoms with Gasteiger partial charge < -0.3 is 10.0 Å². The highest BCUT2D eigenvalue weighted by Crippen LogP contribution is 2.35. The molecule has 1 aromatic rings. The lowest BCUT2D eigenvalue weighted by Gasteiger charge is -2.38. The lowest BCUT2D eigenvalue weighted by molar-refractivity contribution is -0.153. The molecule has 4 nitrogen and oxygen atoms in total. The molecule has 118 valence electrons. The van der Waals surface area contributed by atoms with Gasteiger partial charge in [0.1, 0.15) is 0 Å². The van der Waals surface area contributed by atoms with E-state index in [2.05, 4.69) is 25.6 Å². The second-order valence-corrected chi connectivity index (χ2v) is 5.96. The molecule has 0 radical (unpaired) electrons. The Hall–Kier alpha value is -2.10. The third-order valence-corrected chi connectivity index (χ3v) is 4.63. The lowest BCUT2D eigenvalue weighted by atomic mass is 9.73. The summed E-state index contributed by atoms with van der Waals surface area (Å²) in [6, 6.07) is 8.15. The summed E-state index contributed by atoms with van der Waals surface area (Å²) in [5.41, 5.74) is 1.52. The number of piperidine rings is 1. The van der Waals surface area contributed by atoms with Crippen LogP contribution >= 0.6 is 0 Å². The van der Waals surface area contributed by atoms with Crippen molar-refractivity contribution < 1.29 is 14.7 Å². The van der Waals surface area contributed by atoms with Gasteiger partial charge in [-0.1, -0.05) is 37.8 Å². The molecular formula is C18H23NO3. The van der Waals surface area contributed by atoms with Crippen LogP contribution in [0.25, 0.3) is 0 Å². The molecule has 1 aliphatic heterocycles. The van der Waals surface area contributed by atoms with Crippen molar-refractivity contribution in [3.63, 3.8) is 0 Å². The number of aliphatic carboxylic acids is 1. The SMILES string of the molecule is C=CC(=O)N1CCC(Cc2ccc(CC)cc2)(C(=O)O)CC1. The number of amides is 1. The average Bonchev–Trinajstić information content (AvgIpc) is 2.55. The van der Waals surface area contributed by atoms with E-state index in [0.29, 0.717) is 32.4 Å². The number of likely N-dealkylation sites (tertiary alicyclic amines) is 1. The Labute approximate surface area is 131 Å². The van der Waals surface area contributed by atoms with Crippen molar-refractivity contribution in [2.75, 3.05) is 13.1 Å². The molecule has 0 spiro atoms. The van der Waals surface area contributed by atoms with E-state index in [4.69, 9.17) is 0 Å². The van der Waals surface area contributed by atoms with Gasteiger partial charge >= 0.3 is 5.97 Å². The minimum atomic E-state index is -0.772. The number of hydrogen-bond acceptors (Lipinski definition) is 2. The summed E-state index contributed by atoms with van der Waals surface area (Å²) in [6.45, 7) is 6.53. The Balaban J connectivity index is 2.11. The number of hydrogen-bond donors (Lipinski definition) is 1. The van der Waals surface area contributed by atoms with Crippen LogP contribution in [0.3, 0.4) is 0 Å². The van der Waals surface area contributed by atoms with Crippen molar-refractivity contribution in [2.24, 2.45) is 5.41 Å². The molecule has 1 aromatic carbocycles. The number of carbonyl (C=O) groups is 2. The number of carboxylic acids is 1. The highest BCUT2D eigenvalue weighted by Gasteiger charge is 2.42. The predicted octanol–water partition coefficient (Wildman–Crippen LogP) is 2.67. The number of benzene rings is 1. The van der Waals surface area contributed by atoms with Crippen LogP contribution in [0.2, 0.25) is 0 Å². The highest BCUT2D eigenvalue weighted by atomic mass is 16.4. The van der Waals surface area contributed by atoms with Crippen LogP contribution < -0.4 is 0 Å². The van der Waals surface area contributed by atoms with E-state index in [9.17, 15) is 14.7 Å². The minimum Gasteiger partial charge on any atom is -0.481 e. The van der Waals surface area contributed by atoms with Crippen molar-refractivity contribution in [1.82, 2.24) is 4.90 Å². The molecule has 0 saturated carbocycles. The quantitative estimate of drug-likeness (QED) is 0.851. The van der Waals surface area contributed by atoms with Crippen molar-refractivity contribution >= 4 is 11.9 Å². The molecule has 4 heteroatoms. The van der Waals surface area contributed by atoms with E-state index in [0.717, 1.165) is 12.0 Å². The normalized spacial score (nSPS) is 17.0. The molecule has 1 amide bonds. The maximum absolute atomic E-state index is 11.8. The Morgan fingerprint density at radius 2 is 1.77 bits per heavy atom. The molecule has 0 aliphatic carbocycles. The molecule has 22 heavy (non-hydrogen) atoms. The van der Waals surface area contributed by atoms with Crippen molar-refractivity contribution in [3.05, 3.63) is 48.0 Å². The van der Waals surface area contributed by atoms with E-state index in [-0.39, 0.29) is 5.91 Å². The van der Waals surface area contributed by atoms with Crippen molar-refractivity contribution in [1.29, 1.82) is 0 Å². The summed E-state index contributed by atoms with van der Waals surface area (Å²) in [6.07, 6.45) is 3.75. The molecule has 0 atom stereocenters. The number of aryl methyl sites for hydroxylation is 1. The third-order valence-electron chi connectivity index (χ3n) is 4.63. The smallest absolute Gasteiger partial charge is 0.310 e. The van der Waals surface area contributed by atoms with Gasteiger partial charge in [-0.15, -0.1) is 0 Å². The van der Waals surface area contributed by atoms with Crippen LogP contribution in [-0.2, 0) is 22.4 Å². The van der Waals surface area contributed by atoms with Gasteiger partial charge in [0.15, 0.2) is 0 Å². The lowest BCUT2D eigenvalue weighted by Crippen LogP contribution is -2.47. The molecule has 1 N–H and O–H groups in total. The van der Waals surface area contributed by atoms with Crippen LogP contribution in [0.15, 0.2) is 36.9 Å². The molecule has 1 saturated heterocycles. The zero-order chi connectivity index (χ0) is 16.2. The fourth-order valence-electron chi connectivity index (χ4n) is 3.03. The first kappa shape index (κ1) is 16.3. The number of rotatable bonds is 5. The molecule has 0 unspecified atom stereocenters. The summed E-state index contributed by atoms with van der Waals surface area (Å²) >= 11 is 0. The largest absolute Gasteiger partial charge is 0.481 e. The molecular weight excluding hydrogens is 278 g/mol. The molecule has 0 bridgehead atoms. The van der Waals surface area contributed by atoms with E-state index in [1.165, 1.54) is 11.6 Å². The summed E-state index contributed by atoms with van der Waals surface area (Å²) in [5.74, 6) is -0.885. The minimum absolute atomic E-state index is 0.119. The summed E-state index contributed by atoms with van der Waals surface area (Å²) in [5, 5.41) is 9.71. The summed E-state index contributed by atoms with van der Waals surface area (Å²) < 4.78 is 0. The van der Waals surface area contributed by atoms with E-state index in [1.807, 2.05) is 12.1 Å². The van der Waals surface area contributed by atoms with Crippen LogP contribution in [-0.4, -0.2) is 35.0 Å². The molecule has 1 heterocycles. The summed E-state index contributed by atoms with van der Waals surface area (Å²) in [7, 11) is 0. The van der Waals surface area contributed by atoms with Gasteiger partial charge in [-0.2, -0.15) is 0 Å². The first-order chi connectivity index (χ1) is 10.5. The van der Waals surface area contributed by atoms with E-state index >= 15 is 0 Å². The second kappa shape index (κ2) is 6.77. The molecule has 1 fully saturated rings. The number of carboxylic acid groups (broad SMARTS) is 1. The topological polar surface area (TPSA) is 57.6 Å². The fourth-order valence-corrected chi connectivity index (χ4v) is 3.03. The predicted molar refractivity (Wildman–Crippen MR) is 85.6 cm³/mol. The Kier molecular flexibility index (Phi) is 5.01. The van der Waals surface area contributed by atoms with Gasteiger partial charge in [0.2, 0.25) is 5.91 Å². The van der Waals surface area contributed by atoms with E-state index < -0.39 is 11.4 Å². The van der Waals surface area contributed by atoms with E-state index in [1.54, 1.807) is 4.90 Å². The van der Waals surface area contributed by atoms with Gasteiger partial charge in [0.05, 0.1) is 5.41 Å². The Bertz CT molecular complexity index is 554. The van der Waals surface area contributed by atoms with Crippen molar-refractivity contribution in [3.8, 4) is 0 Å². The van der Waals surface area contributed by atoms with Gasteiger partial charge in [-0.25, -0.2) is 0 Å². The highest BCUT2D eigenvalue weighted by molar-refractivity contribution is 5.87. The molecule has 0 aromatic heterocycles. The monoisotopic (exact) mass is 301 g/mol. The van der Waals surface area contributed by atoms with Gasteiger partial charge in [0, 0.05) is 13.1 Å². The average molecular weight is 301 g/mol. The zero-order valence-electron chi connectivity index (χ0n) is 13.0. The Morgan fingerprint density at radius 3 is 2.23 bits per heavy atom. The molecule has 2 rings (SSSR count). The second-order valence-electron chi connectivity index (χ2n) is 5.96. The zero-order valence-corrected chi connectivity index (χ0v) is 13.0. The molecule has 1 aliphatic rings. The summed E-state index contributed by atoms with van der Waals surface area (Å²) in [4.78, 5) is 25.1. The Morgan fingerprint density at radius 1 is 1.23 bits per heavy atom.